The average molecular weight is 372 g/mol. The molecule has 0 bridgehead atoms. The van der Waals surface area contributed by atoms with Crippen LogP contribution < -0.4 is 5.56 Å². The van der Waals surface area contributed by atoms with Gasteiger partial charge in [0.1, 0.15) is 0 Å². The van der Waals surface area contributed by atoms with Crippen LogP contribution in [0.25, 0.3) is 5.69 Å². The molecule has 132 valence electrons. The van der Waals surface area contributed by atoms with E-state index in [0.717, 1.165) is 0 Å². The summed E-state index contributed by atoms with van der Waals surface area (Å²) in [7, 11) is 0. The summed E-state index contributed by atoms with van der Waals surface area (Å²) in [5.41, 5.74) is 1.52. The summed E-state index contributed by atoms with van der Waals surface area (Å²) in [4.78, 5) is 23.2. The molecule has 0 atom stereocenters. The fraction of sp³-hybridized carbons (Fsp3) is 0.118. The predicted octanol–water partition coefficient (Wildman–Crippen LogP) is 4.76. The minimum Gasteiger partial charge on any atom is -0.293 e. The van der Waals surface area contributed by atoms with Gasteiger partial charge in [-0.2, -0.15) is 5.11 Å². The number of aryl methyl sites for hydroxylation is 2. The lowest BCUT2D eigenvalue weighted by molar-refractivity contribution is -0.385. The molecule has 0 saturated carbocycles. The van der Waals surface area contributed by atoms with Crippen LogP contribution in [0.1, 0.15) is 11.3 Å². The lowest BCUT2D eigenvalue weighted by Gasteiger charge is -2.03. The molecule has 1 N–H and O–H groups in total. The number of halogens is 1. The second-order valence-electron chi connectivity index (χ2n) is 5.63. The second-order valence-corrected chi connectivity index (χ2v) is 6.07. The van der Waals surface area contributed by atoms with E-state index < -0.39 is 10.5 Å². The summed E-state index contributed by atoms with van der Waals surface area (Å²) in [5, 5.41) is 22.6. The summed E-state index contributed by atoms with van der Waals surface area (Å²) in [6, 6.07) is 11.2. The van der Waals surface area contributed by atoms with Gasteiger partial charge in [0, 0.05) is 16.7 Å². The number of H-pyrrole nitrogens is 1. The summed E-state index contributed by atoms with van der Waals surface area (Å²) in [6.45, 7) is 3.31. The van der Waals surface area contributed by atoms with E-state index in [9.17, 15) is 14.9 Å². The van der Waals surface area contributed by atoms with Gasteiger partial charge in [0.15, 0.2) is 5.69 Å². The number of nitrogens with zero attached hydrogens (tertiary/aromatic N) is 4. The van der Waals surface area contributed by atoms with Crippen LogP contribution in [-0.2, 0) is 0 Å². The Morgan fingerprint density at radius 1 is 1.12 bits per heavy atom. The molecule has 1 aromatic heterocycles. The molecule has 26 heavy (non-hydrogen) atoms. The molecule has 0 unspecified atom stereocenters. The molecule has 0 spiro atoms. The summed E-state index contributed by atoms with van der Waals surface area (Å²) in [5.74, 6) is 0. The lowest BCUT2D eigenvalue weighted by atomic mass is 10.2. The number of nitro benzene ring substituents is 1. The topological polar surface area (TPSA) is 106 Å². The second kappa shape index (κ2) is 6.93. The Balaban J connectivity index is 2.01. The highest BCUT2D eigenvalue weighted by atomic mass is 35.5. The Hall–Kier alpha value is -3.26. The predicted molar refractivity (Wildman–Crippen MR) is 98.1 cm³/mol. The quantitative estimate of drug-likeness (QED) is 0.406. The molecule has 0 aliphatic rings. The number of aromatic amines is 1. The van der Waals surface area contributed by atoms with E-state index in [1.54, 1.807) is 50.2 Å². The Labute approximate surface area is 152 Å². The van der Waals surface area contributed by atoms with Gasteiger partial charge in [-0.15, -0.1) is 5.11 Å². The van der Waals surface area contributed by atoms with Crippen molar-refractivity contribution >= 4 is 28.7 Å². The summed E-state index contributed by atoms with van der Waals surface area (Å²) < 4.78 is 1.21. The molecular formula is C17H14ClN5O3. The number of nitro groups is 1. The molecule has 0 radical (unpaired) electrons. The Kier molecular flexibility index (Phi) is 4.68. The van der Waals surface area contributed by atoms with Crippen LogP contribution >= 0.6 is 11.6 Å². The third-order valence-corrected chi connectivity index (χ3v) is 4.03. The minimum atomic E-state index is -0.485. The van der Waals surface area contributed by atoms with Crippen molar-refractivity contribution in [1.29, 1.82) is 0 Å². The van der Waals surface area contributed by atoms with Gasteiger partial charge in [0.2, 0.25) is 0 Å². The largest absolute Gasteiger partial charge is 0.299 e. The van der Waals surface area contributed by atoms with Crippen LogP contribution in [0.3, 0.4) is 0 Å². The van der Waals surface area contributed by atoms with Crippen LogP contribution in [0.4, 0.5) is 17.1 Å². The maximum absolute atomic E-state index is 12.6. The molecule has 8 nitrogen and oxygen atoms in total. The molecular weight excluding hydrogens is 358 g/mol. The molecule has 3 rings (SSSR count). The van der Waals surface area contributed by atoms with Gasteiger partial charge >= 0.3 is 0 Å². The van der Waals surface area contributed by atoms with Gasteiger partial charge in [-0.1, -0.05) is 17.7 Å². The van der Waals surface area contributed by atoms with E-state index in [2.05, 4.69) is 15.3 Å². The van der Waals surface area contributed by atoms with E-state index in [4.69, 9.17) is 11.6 Å². The number of azo groups is 1. The van der Waals surface area contributed by atoms with Crippen LogP contribution in [0.15, 0.2) is 57.5 Å². The van der Waals surface area contributed by atoms with Crippen LogP contribution in [0.5, 0.6) is 0 Å². The number of hydrogen-bond donors (Lipinski definition) is 1. The highest BCUT2D eigenvalue weighted by molar-refractivity contribution is 6.30. The molecule has 2 aromatic carbocycles. The third kappa shape index (κ3) is 3.40. The molecule has 0 amide bonds. The van der Waals surface area contributed by atoms with Gasteiger partial charge in [-0.3, -0.25) is 20.0 Å². The van der Waals surface area contributed by atoms with Crippen LogP contribution in [0.2, 0.25) is 5.02 Å². The lowest BCUT2D eigenvalue weighted by Crippen LogP contribution is -2.14. The molecule has 0 saturated heterocycles. The van der Waals surface area contributed by atoms with E-state index in [-0.39, 0.29) is 11.4 Å². The zero-order chi connectivity index (χ0) is 18.8. The third-order valence-electron chi connectivity index (χ3n) is 3.78. The maximum Gasteiger partial charge on any atom is 0.299 e. The summed E-state index contributed by atoms with van der Waals surface area (Å²) >= 11 is 5.82. The van der Waals surface area contributed by atoms with Crippen molar-refractivity contribution in [1.82, 2.24) is 9.78 Å². The number of hydrogen-bond acceptors (Lipinski definition) is 5. The fourth-order valence-corrected chi connectivity index (χ4v) is 2.51. The van der Waals surface area contributed by atoms with E-state index in [0.29, 0.717) is 27.7 Å². The van der Waals surface area contributed by atoms with Crippen molar-refractivity contribution in [3.63, 3.8) is 0 Å². The number of aromatic nitrogens is 2. The zero-order valence-corrected chi connectivity index (χ0v) is 14.7. The molecule has 0 aliphatic heterocycles. The van der Waals surface area contributed by atoms with Crippen LogP contribution in [0, 0.1) is 24.0 Å². The normalized spacial score (nSPS) is 11.2. The summed E-state index contributed by atoms with van der Waals surface area (Å²) in [6.07, 6.45) is 0. The average Bonchev–Trinajstić information content (AvgIpc) is 2.89. The van der Waals surface area contributed by atoms with Crippen molar-refractivity contribution < 1.29 is 4.92 Å². The SMILES string of the molecule is Cc1ccc(-n2[nH]c(C)c(N=Nc3ccc(Cl)cc3)c2=O)cc1[N+](=O)[O-]. The van der Waals surface area contributed by atoms with E-state index in [1.807, 2.05) is 0 Å². The first-order valence-corrected chi connectivity index (χ1v) is 7.99. The van der Waals surface area contributed by atoms with Crippen molar-refractivity contribution in [3.8, 4) is 5.69 Å². The minimum absolute atomic E-state index is 0.0639. The first-order chi connectivity index (χ1) is 12.4. The molecule has 0 aliphatic carbocycles. The number of rotatable bonds is 4. The molecule has 0 fully saturated rings. The molecule has 3 aromatic rings. The first kappa shape index (κ1) is 17.6. The maximum atomic E-state index is 12.6. The Morgan fingerprint density at radius 3 is 2.46 bits per heavy atom. The van der Waals surface area contributed by atoms with Crippen molar-refractivity contribution in [2.45, 2.75) is 13.8 Å². The van der Waals surface area contributed by atoms with Crippen molar-refractivity contribution in [2.24, 2.45) is 10.2 Å². The first-order valence-electron chi connectivity index (χ1n) is 7.61. The standard InChI is InChI=1S/C17H14ClN5O3/c1-10-3-8-14(9-15(10)23(25)26)22-17(24)16(11(2)21-22)20-19-13-6-4-12(18)5-7-13/h3-9,21H,1-2H3. The van der Waals surface area contributed by atoms with Gasteiger partial charge in [-0.25, -0.2) is 4.68 Å². The van der Waals surface area contributed by atoms with Gasteiger partial charge < -0.3 is 0 Å². The molecule has 1 heterocycles. The van der Waals surface area contributed by atoms with E-state index in [1.165, 1.54) is 10.7 Å². The van der Waals surface area contributed by atoms with E-state index >= 15 is 0 Å². The Morgan fingerprint density at radius 2 is 1.81 bits per heavy atom. The number of benzene rings is 2. The van der Waals surface area contributed by atoms with Gasteiger partial charge in [-0.05, 0) is 44.2 Å². The highest BCUT2D eigenvalue weighted by Gasteiger charge is 2.16. The van der Waals surface area contributed by atoms with Crippen molar-refractivity contribution in [2.75, 3.05) is 0 Å². The zero-order valence-electron chi connectivity index (χ0n) is 13.9. The monoisotopic (exact) mass is 371 g/mol. The van der Waals surface area contributed by atoms with Gasteiger partial charge in [0.05, 0.1) is 22.0 Å². The van der Waals surface area contributed by atoms with Crippen molar-refractivity contribution in [3.05, 3.63) is 79.2 Å². The fourth-order valence-electron chi connectivity index (χ4n) is 2.39. The smallest absolute Gasteiger partial charge is 0.293 e. The van der Waals surface area contributed by atoms with Gasteiger partial charge in [0.25, 0.3) is 11.2 Å². The van der Waals surface area contributed by atoms with Crippen LogP contribution in [-0.4, -0.2) is 14.7 Å². The molecule has 9 heteroatoms. The Bertz CT molecular complexity index is 1070. The highest BCUT2D eigenvalue weighted by Crippen LogP contribution is 2.23. The number of nitrogens with one attached hydrogen (secondary N) is 1.